The molecular weight excluding hydrogens is 202 g/mol. The van der Waals surface area contributed by atoms with E-state index in [0.717, 1.165) is 29.8 Å². The van der Waals surface area contributed by atoms with Gasteiger partial charge in [-0.05, 0) is 18.5 Å². The summed E-state index contributed by atoms with van der Waals surface area (Å²) in [5.41, 5.74) is 3.59. The first-order chi connectivity index (χ1) is 7.83. The van der Waals surface area contributed by atoms with Crippen molar-refractivity contribution in [3.05, 3.63) is 29.9 Å². The summed E-state index contributed by atoms with van der Waals surface area (Å²) in [5, 5.41) is 14.3. The van der Waals surface area contributed by atoms with Crippen LogP contribution in [0.4, 0.5) is 0 Å². The molecule has 2 rings (SSSR count). The zero-order valence-electron chi connectivity index (χ0n) is 9.25. The lowest BCUT2D eigenvalue weighted by atomic mass is 9.98. The van der Waals surface area contributed by atoms with Gasteiger partial charge < -0.3 is 16.0 Å². The highest BCUT2D eigenvalue weighted by atomic mass is 14.9. The minimum atomic E-state index is 0.633. The van der Waals surface area contributed by atoms with Gasteiger partial charge >= 0.3 is 0 Å². The quantitative estimate of drug-likeness (QED) is 0.671. The zero-order chi connectivity index (χ0) is 11.4. The second-order valence-corrected chi connectivity index (χ2v) is 3.64. The van der Waals surface area contributed by atoms with Gasteiger partial charge in [-0.3, -0.25) is 0 Å². The number of hydrogen-bond donors (Lipinski definition) is 3. The molecule has 1 aromatic heterocycles. The first-order valence-electron chi connectivity index (χ1n) is 5.27. The first kappa shape index (κ1) is 10.8. The van der Waals surface area contributed by atoms with Crippen LogP contribution in [-0.2, 0) is 0 Å². The summed E-state index contributed by atoms with van der Waals surface area (Å²) in [7, 11) is 1.87. The number of hydrogen-bond acceptors (Lipinski definition) is 5. The van der Waals surface area contributed by atoms with Crippen LogP contribution in [-0.4, -0.2) is 35.8 Å². The molecule has 0 aromatic carbocycles. The van der Waals surface area contributed by atoms with Gasteiger partial charge in [-0.25, -0.2) is 9.97 Å². The molecule has 0 spiro atoms. The van der Waals surface area contributed by atoms with Crippen LogP contribution in [0.15, 0.2) is 24.3 Å². The van der Waals surface area contributed by atoms with Gasteiger partial charge in [-0.2, -0.15) is 0 Å². The lowest BCUT2D eigenvalue weighted by Gasteiger charge is -2.21. The second kappa shape index (κ2) is 4.85. The predicted octanol–water partition coefficient (Wildman–Crippen LogP) is 0.420. The molecule has 2 heterocycles. The van der Waals surface area contributed by atoms with Crippen LogP contribution in [0.3, 0.4) is 0 Å². The van der Waals surface area contributed by atoms with Gasteiger partial charge in [0.15, 0.2) is 0 Å². The number of nitrogens with zero attached hydrogens (tertiary/aromatic N) is 2. The van der Waals surface area contributed by atoms with Crippen molar-refractivity contribution in [1.82, 2.24) is 20.6 Å². The van der Waals surface area contributed by atoms with Gasteiger partial charge in [0.25, 0.3) is 0 Å². The van der Waals surface area contributed by atoms with Gasteiger partial charge in [0, 0.05) is 37.2 Å². The minimum absolute atomic E-state index is 0.633. The molecule has 0 saturated carbocycles. The van der Waals surface area contributed by atoms with Crippen molar-refractivity contribution < 1.29 is 0 Å². The average molecular weight is 217 g/mol. The van der Waals surface area contributed by atoms with E-state index in [1.165, 1.54) is 6.33 Å². The molecule has 5 heteroatoms. The van der Waals surface area contributed by atoms with Gasteiger partial charge in [0.2, 0.25) is 0 Å². The van der Waals surface area contributed by atoms with Crippen molar-refractivity contribution in [1.29, 1.82) is 5.41 Å². The van der Waals surface area contributed by atoms with E-state index in [4.69, 9.17) is 5.41 Å². The molecule has 1 aliphatic heterocycles. The Kier molecular flexibility index (Phi) is 3.26. The predicted molar refractivity (Wildman–Crippen MR) is 63.2 cm³/mol. The van der Waals surface area contributed by atoms with Crippen molar-refractivity contribution in [3.8, 4) is 0 Å². The van der Waals surface area contributed by atoms with E-state index < -0.39 is 0 Å². The summed E-state index contributed by atoms with van der Waals surface area (Å²) >= 11 is 0. The molecule has 0 radical (unpaired) electrons. The summed E-state index contributed by atoms with van der Waals surface area (Å²) < 4.78 is 0. The van der Waals surface area contributed by atoms with Crippen LogP contribution in [0.25, 0.3) is 5.70 Å². The molecule has 1 aromatic rings. The van der Waals surface area contributed by atoms with E-state index in [-0.39, 0.29) is 0 Å². The lowest BCUT2D eigenvalue weighted by molar-refractivity contribution is 0.728. The number of rotatable bonds is 2. The molecule has 0 aliphatic carbocycles. The fourth-order valence-corrected chi connectivity index (χ4v) is 1.86. The molecule has 16 heavy (non-hydrogen) atoms. The third kappa shape index (κ3) is 2.09. The van der Waals surface area contributed by atoms with Crippen molar-refractivity contribution >= 4 is 11.4 Å². The van der Waals surface area contributed by atoms with E-state index in [2.05, 4.69) is 20.6 Å². The Bertz CT molecular complexity index is 410. The fraction of sp³-hybridized carbons (Fsp3) is 0.364. The molecule has 84 valence electrons. The van der Waals surface area contributed by atoms with Crippen LogP contribution >= 0.6 is 0 Å². The van der Waals surface area contributed by atoms with E-state index in [9.17, 15) is 0 Å². The topological polar surface area (TPSA) is 73.7 Å². The van der Waals surface area contributed by atoms with Crippen molar-refractivity contribution in [3.63, 3.8) is 0 Å². The smallest absolute Gasteiger partial charge is 0.115 e. The highest BCUT2D eigenvalue weighted by Crippen LogP contribution is 2.19. The van der Waals surface area contributed by atoms with Crippen LogP contribution in [0.5, 0.6) is 0 Å². The number of piperidine rings is 1. The summed E-state index contributed by atoms with van der Waals surface area (Å²) in [6.45, 7) is 1.55. The van der Waals surface area contributed by atoms with Gasteiger partial charge in [-0.15, -0.1) is 0 Å². The van der Waals surface area contributed by atoms with Crippen LogP contribution in [0.1, 0.15) is 12.0 Å². The molecule has 0 unspecified atom stereocenters. The molecule has 1 fully saturated rings. The molecule has 0 atom stereocenters. The zero-order valence-corrected chi connectivity index (χ0v) is 9.25. The Labute approximate surface area is 94.5 Å². The van der Waals surface area contributed by atoms with Crippen LogP contribution < -0.4 is 10.6 Å². The number of aromatic nitrogens is 2. The fourth-order valence-electron chi connectivity index (χ4n) is 1.86. The Morgan fingerprint density at radius 3 is 2.81 bits per heavy atom. The second-order valence-electron chi connectivity index (χ2n) is 3.64. The first-order valence-corrected chi connectivity index (χ1v) is 5.27. The van der Waals surface area contributed by atoms with Crippen molar-refractivity contribution in [2.45, 2.75) is 6.42 Å². The third-order valence-corrected chi connectivity index (χ3v) is 2.62. The molecule has 3 N–H and O–H groups in total. The maximum Gasteiger partial charge on any atom is 0.115 e. The standard InChI is InChI=1S/C11H15N5/c1-13-11(8-4-15-7-16-5-8)9-2-3-14-6-10(9)12/h4-5,7,12-14H,2-3,6H2,1H3/b11-9-,12-10?. The minimum Gasteiger partial charge on any atom is -0.387 e. The summed E-state index contributed by atoms with van der Waals surface area (Å²) in [4.78, 5) is 8.00. The molecule has 5 nitrogen and oxygen atoms in total. The van der Waals surface area contributed by atoms with Crippen LogP contribution in [0.2, 0.25) is 0 Å². The highest BCUT2D eigenvalue weighted by Gasteiger charge is 2.16. The Morgan fingerprint density at radius 1 is 1.44 bits per heavy atom. The summed E-state index contributed by atoms with van der Waals surface area (Å²) in [6.07, 6.45) is 5.90. The van der Waals surface area contributed by atoms with Crippen molar-refractivity contribution in [2.75, 3.05) is 20.1 Å². The highest BCUT2D eigenvalue weighted by molar-refractivity contribution is 6.05. The molecule has 0 amide bonds. The summed E-state index contributed by atoms with van der Waals surface area (Å²) in [6, 6.07) is 0. The van der Waals surface area contributed by atoms with Gasteiger partial charge in [0.1, 0.15) is 6.33 Å². The van der Waals surface area contributed by atoms with E-state index >= 15 is 0 Å². The van der Waals surface area contributed by atoms with Crippen molar-refractivity contribution in [2.24, 2.45) is 0 Å². The van der Waals surface area contributed by atoms with Crippen LogP contribution in [0, 0.1) is 5.41 Å². The largest absolute Gasteiger partial charge is 0.387 e. The summed E-state index contributed by atoms with van der Waals surface area (Å²) in [5.74, 6) is 0. The van der Waals surface area contributed by atoms with E-state index in [1.54, 1.807) is 12.4 Å². The molecule has 0 bridgehead atoms. The molecule has 1 saturated heterocycles. The average Bonchev–Trinajstić information content (AvgIpc) is 2.34. The van der Waals surface area contributed by atoms with Gasteiger partial charge in [-0.1, -0.05) is 0 Å². The number of nitrogens with one attached hydrogen (secondary N) is 3. The molecule has 1 aliphatic rings. The normalized spacial score (nSPS) is 19.4. The Balaban J connectivity index is 2.41. The maximum atomic E-state index is 7.93. The molecular formula is C11H15N5. The monoisotopic (exact) mass is 217 g/mol. The Hall–Kier alpha value is -1.75. The SMILES string of the molecule is CN/C(=C1/CCNCC1=N)c1cncnc1. The van der Waals surface area contributed by atoms with E-state index in [1.807, 2.05) is 7.05 Å². The third-order valence-electron chi connectivity index (χ3n) is 2.62. The van der Waals surface area contributed by atoms with Gasteiger partial charge in [0.05, 0.1) is 5.71 Å². The lowest BCUT2D eigenvalue weighted by Crippen LogP contribution is -2.33. The maximum absolute atomic E-state index is 7.93. The van der Waals surface area contributed by atoms with E-state index in [0.29, 0.717) is 12.3 Å². The Morgan fingerprint density at radius 2 is 2.19 bits per heavy atom.